The van der Waals surface area contributed by atoms with E-state index < -0.39 is 0 Å². The van der Waals surface area contributed by atoms with Crippen LogP contribution in [0.2, 0.25) is 0 Å². The minimum Gasteiger partial charge on any atom is -0.496 e. The van der Waals surface area contributed by atoms with Gasteiger partial charge in [-0.1, -0.05) is 25.7 Å². The molecule has 4 heteroatoms. The van der Waals surface area contributed by atoms with Crippen LogP contribution in [0.3, 0.4) is 0 Å². The van der Waals surface area contributed by atoms with E-state index in [0.717, 1.165) is 22.7 Å². The van der Waals surface area contributed by atoms with Crippen molar-refractivity contribution < 1.29 is 9.84 Å². The average molecular weight is 284 g/mol. The summed E-state index contributed by atoms with van der Waals surface area (Å²) in [5.74, 6) is 7.82. The van der Waals surface area contributed by atoms with Crippen LogP contribution in [-0.4, -0.2) is 28.4 Å². The molecule has 0 amide bonds. The molecule has 110 valence electrons. The summed E-state index contributed by atoms with van der Waals surface area (Å²) >= 11 is 0. The van der Waals surface area contributed by atoms with Crippen LogP contribution in [0.4, 0.5) is 0 Å². The van der Waals surface area contributed by atoms with E-state index >= 15 is 0 Å². The fourth-order valence-corrected chi connectivity index (χ4v) is 2.26. The van der Waals surface area contributed by atoms with Crippen LogP contribution in [0, 0.1) is 11.8 Å². The molecule has 0 aliphatic rings. The molecule has 1 heterocycles. The van der Waals surface area contributed by atoms with E-state index in [4.69, 9.17) is 9.84 Å². The molecule has 1 N–H and O–H groups in total. The van der Waals surface area contributed by atoms with Gasteiger partial charge in [0.1, 0.15) is 18.2 Å². The van der Waals surface area contributed by atoms with Crippen molar-refractivity contribution in [3.8, 4) is 17.6 Å². The fourth-order valence-electron chi connectivity index (χ4n) is 2.26. The van der Waals surface area contributed by atoms with Gasteiger partial charge in [-0.25, -0.2) is 4.98 Å². The quantitative estimate of drug-likeness (QED) is 0.877. The highest BCUT2D eigenvalue weighted by atomic mass is 16.5. The molecule has 0 saturated heterocycles. The van der Waals surface area contributed by atoms with E-state index in [1.165, 1.54) is 0 Å². The van der Waals surface area contributed by atoms with Crippen LogP contribution in [0.15, 0.2) is 30.6 Å². The maximum Gasteiger partial charge on any atom is 0.123 e. The Labute approximate surface area is 125 Å². The first-order valence-electron chi connectivity index (χ1n) is 6.93. The van der Waals surface area contributed by atoms with Crippen LogP contribution in [0.5, 0.6) is 5.75 Å². The van der Waals surface area contributed by atoms with Crippen molar-refractivity contribution >= 4 is 0 Å². The van der Waals surface area contributed by atoms with Gasteiger partial charge in [-0.05, 0) is 18.2 Å². The predicted octanol–water partition coefficient (Wildman–Crippen LogP) is 2.41. The van der Waals surface area contributed by atoms with Crippen LogP contribution >= 0.6 is 0 Å². The number of hydrogen-bond donors (Lipinski definition) is 1. The molecule has 2 rings (SSSR count). The van der Waals surface area contributed by atoms with Crippen LogP contribution in [0.25, 0.3) is 0 Å². The molecule has 0 unspecified atom stereocenters. The van der Waals surface area contributed by atoms with Gasteiger partial charge in [-0.15, -0.1) is 0 Å². The van der Waals surface area contributed by atoms with Gasteiger partial charge in [0.25, 0.3) is 0 Å². The number of aromatic nitrogens is 2. The fraction of sp³-hybridized carbons (Fsp3) is 0.353. The largest absolute Gasteiger partial charge is 0.496 e. The summed E-state index contributed by atoms with van der Waals surface area (Å²) in [6.07, 6.45) is 3.79. The van der Waals surface area contributed by atoms with Gasteiger partial charge in [0.05, 0.1) is 13.7 Å². The SMILES string of the molecule is COc1ccc(C#CCO)cc1Cn1ccnc1C(C)C. The van der Waals surface area contributed by atoms with Crippen molar-refractivity contribution in [1.29, 1.82) is 0 Å². The lowest BCUT2D eigenvalue weighted by Crippen LogP contribution is -2.07. The van der Waals surface area contributed by atoms with E-state index in [2.05, 4.69) is 35.2 Å². The number of methoxy groups -OCH3 is 1. The van der Waals surface area contributed by atoms with Crippen molar-refractivity contribution in [2.24, 2.45) is 0 Å². The third-order valence-electron chi connectivity index (χ3n) is 3.20. The monoisotopic (exact) mass is 284 g/mol. The van der Waals surface area contributed by atoms with Gasteiger partial charge in [0, 0.05) is 29.4 Å². The smallest absolute Gasteiger partial charge is 0.123 e. The van der Waals surface area contributed by atoms with Crippen molar-refractivity contribution in [2.45, 2.75) is 26.3 Å². The first kappa shape index (κ1) is 15.1. The van der Waals surface area contributed by atoms with Crippen molar-refractivity contribution in [2.75, 3.05) is 13.7 Å². The minimum atomic E-state index is -0.139. The van der Waals surface area contributed by atoms with Crippen LogP contribution < -0.4 is 4.74 Å². The van der Waals surface area contributed by atoms with Gasteiger partial charge >= 0.3 is 0 Å². The van der Waals surface area contributed by atoms with Crippen molar-refractivity contribution in [1.82, 2.24) is 9.55 Å². The maximum atomic E-state index is 8.79. The molecule has 0 radical (unpaired) electrons. The Morgan fingerprint density at radius 1 is 1.38 bits per heavy atom. The Kier molecular flexibility index (Phi) is 5.02. The Morgan fingerprint density at radius 2 is 2.19 bits per heavy atom. The number of aliphatic hydroxyl groups excluding tert-OH is 1. The van der Waals surface area contributed by atoms with Crippen LogP contribution in [0.1, 0.15) is 36.7 Å². The highest BCUT2D eigenvalue weighted by Gasteiger charge is 2.10. The number of benzene rings is 1. The van der Waals surface area contributed by atoms with Crippen molar-refractivity contribution in [3.63, 3.8) is 0 Å². The number of nitrogens with zero attached hydrogens (tertiary/aromatic N) is 2. The third kappa shape index (κ3) is 3.65. The van der Waals surface area contributed by atoms with Gasteiger partial charge < -0.3 is 14.4 Å². The molecule has 0 spiro atoms. The topological polar surface area (TPSA) is 47.3 Å². The van der Waals surface area contributed by atoms with E-state index in [9.17, 15) is 0 Å². The second-order valence-electron chi connectivity index (χ2n) is 5.05. The third-order valence-corrected chi connectivity index (χ3v) is 3.20. The summed E-state index contributed by atoms with van der Waals surface area (Å²) in [6, 6.07) is 5.79. The highest BCUT2D eigenvalue weighted by Crippen LogP contribution is 2.22. The molecule has 0 atom stereocenters. The second kappa shape index (κ2) is 6.96. The number of aliphatic hydroxyl groups is 1. The molecular formula is C17H20N2O2. The molecule has 0 bridgehead atoms. The minimum absolute atomic E-state index is 0.139. The molecule has 1 aromatic carbocycles. The predicted molar refractivity (Wildman–Crippen MR) is 82.4 cm³/mol. The van der Waals surface area contributed by atoms with E-state index in [-0.39, 0.29) is 6.61 Å². The Bertz CT molecular complexity index is 663. The lowest BCUT2D eigenvalue weighted by Gasteiger charge is -2.13. The summed E-state index contributed by atoms with van der Waals surface area (Å²) in [5.41, 5.74) is 1.91. The Hall–Kier alpha value is -2.25. The first-order valence-corrected chi connectivity index (χ1v) is 6.93. The molecule has 0 saturated carbocycles. The molecule has 0 aliphatic carbocycles. The van der Waals surface area contributed by atoms with E-state index in [0.29, 0.717) is 12.5 Å². The molecule has 0 fully saturated rings. The van der Waals surface area contributed by atoms with Gasteiger partial charge in [-0.2, -0.15) is 0 Å². The number of rotatable bonds is 4. The molecule has 0 aliphatic heterocycles. The van der Waals surface area contributed by atoms with Gasteiger partial charge in [-0.3, -0.25) is 0 Å². The molecule has 2 aromatic rings. The lowest BCUT2D eigenvalue weighted by molar-refractivity contribution is 0.350. The maximum absolute atomic E-state index is 8.79. The molecule has 4 nitrogen and oxygen atoms in total. The Balaban J connectivity index is 2.35. The number of imidazole rings is 1. The van der Waals surface area contributed by atoms with E-state index in [1.807, 2.05) is 30.6 Å². The summed E-state index contributed by atoms with van der Waals surface area (Å²) < 4.78 is 7.54. The summed E-state index contributed by atoms with van der Waals surface area (Å²) in [5, 5.41) is 8.79. The Morgan fingerprint density at radius 3 is 2.86 bits per heavy atom. The normalized spacial score (nSPS) is 10.3. The van der Waals surface area contributed by atoms with Crippen LogP contribution in [-0.2, 0) is 6.54 Å². The summed E-state index contributed by atoms with van der Waals surface area (Å²) in [6.45, 7) is 4.80. The first-order chi connectivity index (χ1) is 10.2. The van der Waals surface area contributed by atoms with Gasteiger partial charge in [0.2, 0.25) is 0 Å². The van der Waals surface area contributed by atoms with Gasteiger partial charge in [0.15, 0.2) is 0 Å². The highest BCUT2D eigenvalue weighted by molar-refractivity contribution is 5.44. The molecule has 1 aromatic heterocycles. The number of hydrogen-bond acceptors (Lipinski definition) is 3. The standard InChI is InChI=1S/C17H20N2O2/c1-13(2)17-18-8-9-19(17)12-15-11-14(5-4-10-20)6-7-16(15)21-3/h6-9,11,13,20H,10,12H2,1-3H3. The molecular weight excluding hydrogens is 264 g/mol. The lowest BCUT2D eigenvalue weighted by atomic mass is 10.1. The molecule has 21 heavy (non-hydrogen) atoms. The zero-order valence-corrected chi connectivity index (χ0v) is 12.6. The number of ether oxygens (including phenoxy) is 1. The van der Waals surface area contributed by atoms with E-state index in [1.54, 1.807) is 7.11 Å². The zero-order chi connectivity index (χ0) is 15.2. The van der Waals surface area contributed by atoms with Crippen molar-refractivity contribution in [3.05, 3.63) is 47.5 Å². The zero-order valence-electron chi connectivity index (χ0n) is 12.6. The summed E-state index contributed by atoms with van der Waals surface area (Å²) in [4.78, 5) is 4.40. The average Bonchev–Trinajstić information content (AvgIpc) is 2.93. The summed E-state index contributed by atoms with van der Waals surface area (Å²) in [7, 11) is 1.66. The second-order valence-corrected chi connectivity index (χ2v) is 5.05.